The van der Waals surface area contributed by atoms with Gasteiger partial charge < -0.3 is 9.84 Å². The first-order valence-corrected chi connectivity index (χ1v) is 5.23. The van der Waals surface area contributed by atoms with E-state index in [0.717, 1.165) is 18.2 Å². The van der Waals surface area contributed by atoms with E-state index in [1.165, 1.54) is 6.92 Å². The Morgan fingerprint density at radius 3 is 2.69 bits per heavy atom. The van der Waals surface area contributed by atoms with Crippen LogP contribution in [0.5, 0.6) is 5.75 Å². The summed E-state index contributed by atoms with van der Waals surface area (Å²) in [7, 11) is 0. The molecule has 0 fully saturated rings. The normalized spacial score (nSPS) is 11.2. The summed E-state index contributed by atoms with van der Waals surface area (Å²) in [5, 5.41) is 9.14. The van der Waals surface area contributed by atoms with Crippen LogP contribution < -0.4 is 0 Å². The molecule has 0 atom stereocenters. The summed E-state index contributed by atoms with van der Waals surface area (Å²) in [5.74, 6) is -5.50. The number of phenols is 1. The van der Waals surface area contributed by atoms with Crippen LogP contribution in [0, 0.1) is 0 Å². The minimum atomic E-state index is -3.72. The molecule has 0 heterocycles. The molecule has 0 saturated carbocycles. The Morgan fingerprint density at radius 1 is 1.56 bits per heavy atom. The summed E-state index contributed by atoms with van der Waals surface area (Å²) < 4.78 is 31.3. The molecule has 88 valence electrons. The van der Waals surface area contributed by atoms with Gasteiger partial charge in [-0.25, -0.2) is 4.79 Å². The van der Waals surface area contributed by atoms with Gasteiger partial charge in [-0.1, -0.05) is 0 Å². The van der Waals surface area contributed by atoms with E-state index in [1.807, 2.05) is 0 Å². The summed E-state index contributed by atoms with van der Waals surface area (Å²) in [6.45, 7) is 1.33. The van der Waals surface area contributed by atoms with Crippen LogP contribution in [0.25, 0.3) is 0 Å². The lowest BCUT2D eigenvalue weighted by atomic mass is 10.1. The van der Waals surface area contributed by atoms with Gasteiger partial charge in [-0.2, -0.15) is 8.78 Å². The number of carbonyl (C=O) groups excluding carboxylic acids is 1. The number of benzene rings is 1. The molecular weight excluding hydrogens is 286 g/mol. The van der Waals surface area contributed by atoms with E-state index in [0.29, 0.717) is 0 Å². The lowest BCUT2D eigenvalue weighted by molar-refractivity contribution is -0.173. The number of alkyl halides is 2. The van der Waals surface area contributed by atoms with Gasteiger partial charge in [-0.3, -0.25) is 0 Å². The molecule has 0 unspecified atom stereocenters. The number of rotatable bonds is 3. The van der Waals surface area contributed by atoms with Crippen molar-refractivity contribution in [1.82, 2.24) is 0 Å². The molecule has 1 N–H and O–H groups in total. The van der Waals surface area contributed by atoms with Crippen LogP contribution in [0.3, 0.4) is 0 Å². The van der Waals surface area contributed by atoms with Gasteiger partial charge in [0.05, 0.1) is 11.1 Å². The van der Waals surface area contributed by atoms with E-state index < -0.39 is 17.5 Å². The molecule has 1 rings (SSSR count). The van der Waals surface area contributed by atoms with Crippen molar-refractivity contribution in [2.45, 2.75) is 12.8 Å². The van der Waals surface area contributed by atoms with Crippen LogP contribution in [0.2, 0.25) is 0 Å². The Bertz CT molecular complexity index is 407. The van der Waals surface area contributed by atoms with Crippen molar-refractivity contribution in [2.24, 2.45) is 0 Å². The zero-order chi connectivity index (χ0) is 12.3. The van der Waals surface area contributed by atoms with Crippen molar-refractivity contribution in [1.29, 1.82) is 0 Å². The van der Waals surface area contributed by atoms with Crippen molar-refractivity contribution in [3.63, 3.8) is 0 Å². The minimum absolute atomic E-state index is 0.0916. The number of halogens is 3. The first kappa shape index (κ1) is 12.9. The van der Waals surface area contributed by atoms with Crippen LogP contribution in [0.15, 0.2) is 22.7 Å². The van der Waals surface area contributed by atoms with Crippen molar-refractivity contribution >= 4 is 21.9 Å². The average Bonchev–Trinajstić information content (AvgIpc) is 2.22. The molecule has 0 radical (unpaired) electrons. The van der Waals surface area contributed by atoms with Crippen molar-refractivity contribution in [3.8, 4) is 5.75 Å². The maximum Gasteiger partial charge on any atom is 0.381 e. The second-order valence-corrected chi connectivity index (χ2v) is 3.82. The van der Waals surface area contributed by atoms with Gasteiger partial charge in [0.25, 0.3) is 0 Å². The molecule has 0 bridgehead atoms. The summed E-state index contributed by atoms with van der Waals surface area (Å²) in [4.78, 5) is 11.0. The summed E-state index contributed by atoms with van der Waals surface area (Å²) in [6, 6.07) is 3.02. The van der Waals surface area contributed by atoms with Crippen LogP contribution in [0.4, 0.5) is 8.78 Å². The highest BCUT2D eigenvalue weighted by atomic mass is 79.9. The lowest BCUT2D eigenvalue weighted by Gasteiger charge is -2.15. The second kappa shape index (κ2) is 4.78. The van der Waals surface area contributed by atoms with E-state index in [2.05, 4.69) is 20.7 Å². The number of carbonyl (C=O) groups is 1. The smallest absolute Gasteiger partial charge is 0.381 e. The van der Waals surface area contributed by atoms with Gasteiger partial charge in [0.1, 0.15) is 5.75 Å². The fourth-order valence-corrected chi connectivity index (χ4v) is 1.42. The van der Waals surface area contributed by atoms with Gasteiger partial charge in [-0.15, -0.1) is 0 Å². The predicted molar refractivity (Wildman–Crippen MR) is 56.3 cm³/mol. The number of hydrogen-bond acceptors (Lipinski definition) is 3. The third-order valence-corrected chi connectivity index (χ3v) is 2.48. The minimum Gasteiger partial charge on any atom is -0.507 e. The van der Waals surface area contributed by atoms with E-state index >= 15 is 0 Å². The molecule has 0 aliphatic heterocycles. The van der Waals surface area contributed by atoms with Crippen molar-refractivity contribution < 1.29 is 23.4 Å². The Morgan fingerprint density at radius 2 is 2.19 bits per heavy atom. The number of phenolic OH excluding ortho intramolecular Hbond substituents is 1. The first-order chi connectivity index (χ1) is 7.39. The predicted octanol–water partition coefficient (Wildman–Crippen LogP) is 2.81. The van der Waals surface area contributed by atoms with E-state index in [4.69, 9.17) is 5.11 Å². The third-order valence-electron chi connectivity index (χ3n) is 1.84. The second-order valence-electron chi connectivity index (χ2n) is 2.96. The quantitative estimate of drug-likeness (QED) is 0.872. The summed E-state index contributed by atoms with van der Waals surface area (Å²) in [5.41, 5.74) is -0.532. The van der Waals surface area contributed by atoms with E-state index in [1.54, 1.807) is 0 Å². The van der Waals surface area contributed by atoms with E-state index in [9.17, 15) is 13.6 Å². The molecule has 0 saturated heterocycles. The Hall–Kier alpha value is -1.17. The molecule has 1 aromatic rings. The number of esters is 1. The molecule has 1 aromatic carbocycles. The Labute approximate surface area is 99.2 Å². The van der Waals surface area contributed by atoms with Gasteiger partial charge in [-0.05, 0) is 41.1 Å². The highest BCUT2D eigenvalue weighted by Gasteiger charge is 2.42. The molecular formula is C10H9BrF2O3. The largest absolute Gasteiger partial charge is 0.507 e. The summed E-state index contributed by atoms with van der Waals surface area (Å²) >= 11 is 2.89. The topological polar surface area (TPSA) is 46.5 Å². The van der Waals surface area contributed by atoms with Gasteiger partial charge in [0.2, 0.25) is 0 Å². The molecule has 0 spiro atoms. The van der Waals surface area contributed by atoms with Crippen LogP contribution in [0.1, 0.15) is 12.5 Å². The highest BCUT2D eigenvalue weighted by Crippen LogP contribution is 2.34. The molecule has 0 aromatic heterocycles. The molecule has 16 heavy (non-hydrogen) atoms. The lowest BCUT2D eigenvalue weighted by Crippen LogP contribution is -2.28. The Balaban J connectivity index is 3.06. The molecule has 0 amide bonds. The SMILES string of the molecule is CCOC(=O)C(F)(F)c1ccc(O)c(Br)c1. The number of ether oxygens (including phenoxy) is 1. The maximum absolute atomic E-state index is 13.5. The van der Waals surface area contributed by atoms with Crippen molar-refractivity contribution in [2.75, 3.05) is 6.61 Å². The first-order valence-electron chi connectivity index (χ1n) is 4.43. The average molecular weight is 295 g/mol. The molecule has 0 aliphatic carbocycles. The van der Waals surface area contributed by atoms with E-state index in [-0.39, 0.29) is 16.8 Å². The van der Waals surface area contributed by atoms with Crippen molar-refractivity contribution in [3.05, 3.63) is 28.2 Å². The zero-order valence-electron chi connectivity index (χ0n) is 8.34. The maximum atomic E-state index is 13.5. The highest BCUT2D eigenvalue weighted by molar-refractivity contribution is 9.10. The third kappa shape index (κ3) is 2.49. The van der Waals surface area contributed by atoms with Crippen LogP contribution in [-0.4, -0.2) is 17.7 Å². The molecule has 3 nitrogen and oxygen atoms in total. The van der Waals surface area contributed by atoms with Gasteiger partial charge in [0.15, 0.2) is 0 Å². The number of aromatic hydroxyl groups is 1. The van der Waals surface area contributed by atoms with Gasteiger partial charge in [0, 0.05) is 5.56 Å². The van der Waals surface area contributed by atoms with Crippen LogP contribution >= 0.6 is 15.9 Å². The van der Waals surface area contributed by atoms with Crippen LogP contribution in [-0.2, 0) is 15.5 Å². The monoisotopic (exact) mass is 294 g/mol. The van der Waals surface area contributed by atoms with Gasteiger partial charge >= 0.3 is 11.9 Å². The fraction of sp³-hybridized carbons (Fsp3) is 0.300. The molecule has 6 heteroatoms. The standard InChI is InChI=1S/C10H9BrF2O3/c1-2-16-9(15)10(12,13)6-3-4-8(14)7(11)5-6/h3-5,14H,2H2,1H3. The number of hydrogen-bond donors (Lipinski definition) is 1. The zero-order valence-corrected chi connectivity index (χ0v) is 9.92. The fourth-order valence-electron chi connectivity index (χ4n) is 1.04. The molecule has 0 aliphatic rings. The summed E-state index contributed by atoms with van der Waals surface area (Å²) in [6.07, 6.45) is 0. The Kier molecular flexibility index (Phi) is 3.85.